The van der Waals surface area contributed by atoms with E-state index in [0.717, 1.165) is 12.8 Å². The van der Waals surface area contributed by atoms with E-state index in [9.17, 15) is 5.11 Å². The molecule has 2 N–H and O–H groups in total. The predicted octanol–water partition coefficient (Wildman–Crippen LogP) is 2.46. The van der Waals surface area contributed by atoms with E-state index in [4.69, 9.17) is 0 Å². The van der Waals surface area contributed by atoms with Crippen LogP contribution >= 0.6 is 0 Å². The zero-order valence-electron chi connectivity index (χ0n) is 10.1. The summed E-state index contributed by atoms with van der Waals surface area (Å²) in [6.45, 7) is 4.71. The molecule has 0 aromatic heterocycles. The van der Waals surface area contributed by atoms with E-state index >= 15 is 0 Å². The lowest BCUT2D eigenvalue weighted by molar-refractivity contribution is 0.0759. The van der Waals surface area contributed by atoms with Gasteiger partial charge < -0.3 is 10.4 Å². The molecule has 0 heterocycles. The number of nitrogens with one attached hydrogen (secondary N) is 1. The molecule has 0 amide bonds. The molecule has 0 aromatic carbocycles. The van der Waals surface area contributed by atoms with Crippen LogP contribution < -0.4 is 5.32 Å². The van der Waals surface area contributed by atoms with Gasteiger partial charge in [0.05, 0.1) is 6.10 Å². The molecule has 2 rings (SSSR count). The minimum absolute atomic E-state index is 0.102. The van der Waals surface area contributed by atoms with E-state index in [1.165, 1.54) is 32.1 Å². The van der Waals surface area contributed by atoms with E-state index < -0.39 is 0 Å². The van der Waals surface area contributed by atoms with Crippen molar-refractivity contribution >= 4 is 0 Å². The topological polar surface area (TPSA) is 32.3 Å². The van der Waals surface area contributed by atoms with Gasteiger partial charge in [0.1, 0.15) is 0 Å². The van der Waals surface area contributed by atoms with Crippen molar-refractivity contribution in [1.29, 1.82) is 0 Å². The number of aliphatic hydroxyl groups is 1. The van der Waals surface area contributed by atoms with Gasteiger partial charge in [-0.05, 0) is 31.1 Å². The van der Waals surface area contributed by atoms with Crippen LogP contribution in [-0.4, -0.2) is 23.3 Å². The van der Waals surface area contributed by atoms with Gasteiger partial charge >= 0.3 is 0 Å². The lowest BCUT2D eigenvalue weighted by atomic mass is 9.85. The molecule has 88 valence electrons. The molecule has 2 aliphatic carbocycles. The van der Waals surface area contributed by atoms with Crippen molar-refractivity contribution in [2.24, 2.45) is 5.41 Å². The summed E-state index contributed by atoms with van der Waals surface area (Å²) in [5.74, 6) is 0. The van der Waals surface area contributed by atoms with Crippen LogP contribution in [0, 0.1) is 5.41 Å². The second-order valence-corrected chi connectivity index (χ2v) is 6.06. The third-order valence-electron chi connectivity index (χ3n) is 4.40. The molecule has 2 heteroatoms. The molecule has 2 saturated carbocycles. The molecule has 2 aliphatic rings. The number of hydrogen-bond acceptors (Lipinski definition) is 2. The van der Waals surface area contributed by atoms with Crippen LogP contribution in [0.15, 0.2) is 0 Å². The van der Waals surface area contributed by atoms with Gasteiger partial charge in [0.2, 0.25) is 0 Å². The number of hydrogen-bond donors (Lipinski definition) is 2. The van der Waals surface area contributed by atoms with Crippen molar-refractivity contribution in [2.75, 3.05) is 0 Å². The summed E-state index contributed by atoms with van der Waals surface area (Å²) >= 11 is 0. The van der Waals surface area contributed by atoms with E-state index in [0.29, 0.717) is 17.5 Å². The Labute approximate surface area is 93.5 Å². The Balaban J connectivity index is 1.90. The molecule has 3 atom stereocenters. The molecule has 0 bridgehead atoms. The summed E-state index contributed by atoms with van der Waals surface area (Å²) < 4.78 is 0. The summed E-state index contributed by atoms with van der Waals surface area (Å²) in [7, 11) is 0. The van der Waals surface area contributed by atoms with Crippen molar-refractivity contribution in [3.63, 3.8) is 0 Å². The third-order valence-corrected chi connectivity index (χ3v) is 4.40. The predicted molar refractivity (Wildman–Crippen MR) is 62.8 cm³/mol. The summed E-state index contributed by atoms with van der Waals surface area (Å²) in [5, 5.41) is 13.6. The molecule has 15 heavy (non-hydrogen) atoms. The van der Waals surface area contributed by atoms with Crippen LogP contribution in [0.3, 0.4) is 0 Å². The maximum atomic E-state index is 9.94. The summed E-state index contributed by atoms with van der Waals surface area (Å²) in [5.41, 5.74) is 0.428. The lowest BCUT2D eigenvalue weighted by Crippen LogP contribution is -2.50. The molecule has 0 aliphatic heterocycles. The Morgan fingerprint density at radius 3 is 2.40 bits per heavy atom. The molecule has 0 spiro atoms. The largest absolute Gasteiger partial charge is 0.392 e. The highest BCUT2D eigenvalue weighted by Gasteiger charge is 2.37. The average molecular weight is 211 g/mol. The van der Waals surface area contributed by atoms with Gasteiger partial charge in [0.25, 0.3) is 0 Å². The fourth-order valence-corrected chi connectivity index (χ4v) is 3.20. The second kappa shape index (κ2) is 4.42. The van der Waals surface area contributed by atoms with Gasteiger partial charge in [-0.3, -0.25) is 0 Å². The van der Waals surface area contributed by atoms with Gasteiger partial charge in [-0.25, -0.2) is 0 Å². The molecular weight excluding hydrogens is 186 g/mol. The highest BCUT2D eigenvalue weighted by molar-refractivity contribution is 4.94. The Morgan fingerprint density at radius 2 is 1.80 bits per heavy atom. The van der Waals surface area contributed by atoms with E-state index in [2.05, 4.69) is 19.2 Å². The number of rotatable bonds is 2. The molecule has 2 fully saturated rings. The smallest absolute Gasteiger partial charge is 0.0693 e. The van der Waals surface area contributed by atoms with Crippen LogP contribution in [0.4, 0.5) is 0 Å². The van der Waals surface area contributed by atoms with Gasteiger partial charge in [0.15, 0.2) is 0 Å². The zero-order chi connectivity index (χ0) is 10.9. The summed E-state index contributed by atoms with van der Waals surface area (Å²) in [6, 6.07) is 0.983. The maximum absolute atomic E-state index is 9.94. The van der Waals surface area contributed by atoms with Crippen LogP contribution in [0.2, 0.25) is 0 Å². The standard InChI is InChI=1S/C13H25NO/c1-13(2)9-5-8-12(13)14-10-6-3-4-7-11(10)15/h10-12,14-15H,3-9H2,1-2H3/t10-,11-,12?/m0/s1. The van der Waals surface area contributed by atoms with Gasteiger partial charge in [-0.2, -0.15) is 0 Å². The fourth-order valence-electron chi connectivity index (χ4n) is 3.20. The normalized spacial score (nSPS) is 40.6. The lowest BCUT2D eigenvalue weighted by Gasteiger charge is -2.36. The van der Waals surface area contributed by atoms with E-state index in [1.807, 2.05) is 0 Å². The maximum Gasteiger partial charge on any atom is 0.0693 e. The second-order valence-electron chi connectivity index (χ2n) is 6.06. The monoisotopic (exact) mass is 211 g/mol. The van der Waals surface area contributed by atoms with Crippen molar-refractivity contribution in [3.05, 3.63) is 0 Å². The van der Waals surface area contributed by atoms with Crippen molar-refractivity contribution in [1.82, 2.24) is 5.32 Å². The fraction of sp³-hybridized carbons (Fsp3) is 1.00. The molecule has 0 radical (unpaired) electrons. The summed E-state index contributed by atoms with van der Waals surface area (Å²) in [6.07, 6.45) is 8.49. The average Bonchev–Trinajstić information content (AvgIpc) is 2.50. The van der Waals surface area contributed by atoms with Gasteiger partial charge in [-0.1, -0.05) is 33.1 Å². The van der Waals surface area contributed by atoms with Crippen molar-refractivity contribution < 1.29 is 5.11 Å². The Kier molecular flexibility index (Phi) is 3.36. The van der Waals surface area contributed by atoms with Crippen LogP contribution in [0.25, 0.3) is 0 Å². The quantitative estimate of drug-likeness (QED) is 0.735. The van der Waals surface area contributed by atoms with Crippen molar-refractivity contribution in [3.8, 4) is 0 Å². The number of aliphatic hydroxyl groups excluding tert-OH is 1. The van der Waals surface area contributed by atoms with E-state index in [-0.39, 0.29) is 6.10 Å². The highest BCUT2D eigenvalue weighted by atomic mass is 16.3. The first-order valence-corrected chi connectivity index (χ1v) is 6.54. The van der Waals surface area contributed by atoms with E-state index in [1.54, 1.807) is 0 Å². The highest BCUT2D eigenvalue weighted by Crippen LogP contribution is 2.38. The van der Waals surface area contributed by atoms with Crippen LogP contribution in [0.5, 0.6) is 0 Å². The first-order chi connectivity index (χ1) is 7.09. The third kappa shape index (κ3) is 2.54. The van der Waals surface area contributed by atoms with Crippen molar-refractivity contribution in [2.45, 2.75) is 77.0 Å². The van der Waals surface area contributed by atoms with Gasteiger partial charge in [-0.15, -0.1) is 0 Å². The van der Waals surface area contributed by atoms with Crippen LogP contribution in [-0.2, 0) is 0 Å². The first kappa shape index (κ1) is 11.4. The Bertz CT molecular complexity index is 215. The molecule has 0 saturated heterocycles. The van der Waals surface area contributed by atoms with Crippen LogP contribution in [0.1, 0.15) is 58.8 Å². The Morgan fingerprint density at radius 1 is 1.07 bits per heavy atom. The minimum Gasteiger partial charge on any atom is -0.392 e. The Hall–Kier alpha value is -0.0800. The molecule has 0 aromatic rings. The zero-order valence-corrected chi connectivity index (χ0v) is 10.1. The first-order valence-electron chi connectivity index (χ1n) is 6.54. The molecule has 2 nitrogen and oxygen atoms in total. The summed E-state index contributed by atoms with van der Waals surface area (Å²) in [4.78, 5) is 0. The molecular formula is C13H25NO. The minimum atomic E-state index is -0.102. The SMILES string of the molecule is CC1(C)CCCC1N[C@H]1CCCC[C@@H]1O. The molecule has 1 unspecified atom stereocenters. The van der Waals surface area contributed by atoms with Gasteiger partial charge in [0, 0.05) is 12.1 Å².